The van der Waals surface area contributed by atoms with Gasteiger partial charge in [0.2, 0.25) is 5.75 Å². The molecule has 0 fully saturated rings. The fraction of sp³-hybridized carbons (Fsp3) is 0.400. The van der Waals surface area contributed by atoms with Crippen molar-refractivity contribution in [3.8, 4) is 5.75 Å². The molecule has 0 aliphatic heterocycles. The topological polar surface area (TPSA) is 81.8 Å². The third-order valence-corrected chi connectivity index (χ3v) is 2.49. The number of hydrogen-bond acceptors (Lipinski definition) is 5. The number of aliphatic hydroxyl groups is 1. The van der Waals surface area contributed by atoms with Gasteiger partial charge in [-0.25, -0.2) is 0 Å². The quantitative estimate of drug-likeness (QED) is 0.513. The number of nitrogens with zero attached hydrogens (tertiary/aromatic N) is 1. The fourth-order valence-corrected chi connectivity index (χ4v) is 1.78. The smallest absolute Gasteiger partial charge is 0.312 e. The molecule has 0 saturated heterocycles. The van der Waals surface area contributed by atoms with Gasteiger partial charge in [-0.15, -0.1) is 0 Å². The lowest BCUT2D eigenvalue weighted by Gasteiger charge is -2.13. The average Bonchev–Trinajstić information content (AvgIpc) is 2.26. The molecular formula is C10H12BrNO5. The van der Waals surface area contributed by atoms with E-state index in [0.29, 0.717) is 10.0 Å². The fourth-order valence-electron chi connectivity index (χ4n) is 1.32. The van der Waals surface area contributed by atoms with Gasteiger partial charge in [-0.3, -0.25) is 10.1 Å². The summed E-state index contributed by atoms with van der Waals surface area (Å²) in [6.45, 7) is 1.38. The van der Waals surface area contributed by atoms with Crippen LogP contribution in [-0.2, 0) is 4.74 Å². The Labute approximate surface area is 106 Å². The van der Waals surface area contributed by atoms with Gasteiger partial charge in [-0.2, -0.15) is 0 Å². The number of ether oxygens (including phenoxy) is 2. The number of hydrogen-bond donors (Lipinski definition) is 1. The minimum atomic E-state index is -0.877. The molecular weight excluding hydrogens is 294 g/mol. The third-order valence-electron chi connectivity index (χ3n) is 2.03. The molecule has 1 N–H and O–H groups in total. The summed E-state index contributed by atoms with van der Waals surface area (Å²) < 4.78 is 10.4. The van der Waals surface area contributed by atoms with E-state index >= 15 is 0 Å². The first kappa shape index (κ1) is 13.9. The van der Waals surface area contributed by atoms with Gasteiger partial charge >= 0.3 is 5.69 Å². The summed E-state index contributed by atoms with van der Waals surface area (Å²) >= 11 is 3.15. The number of nitro groups is 1. The summed E-state index contributed by atoms with van der Waals surface area (Å²) in [4.78, 5) is 10.3. The monoisotopic (exact) mass is 305 g/mol. The maximum absolute atomic E-state index is 10.9. The highest BCUT2D eigenvalue weighted by Gasteiger charge is 2.23. The van der Waals surface area contributed by atoms with Crippen molar-refractivity contribution in [2.24, 2.45) is 0 Å². The molecule has 1 atom stereocenters. The van der Waals surface area contributed by atoms with Crippen LogP contribution in [0.4, 0.5) is 5.69 Å². The molecule has 0 aliphatic rings. The van der Waals surface area contributed by atoms with Crippen molar-refractivity contribution < 1.29 is 19.5 Å². The number of aliphatic hydroxyl groups excluding tert-OH is 1. The van der Waals surface area contributed by atoms with Gasteiger partial charge in [0.15, 0.2) is 6.79 Å². The van der Waals surface area contributed by atoms with Crippen LogP contribution in [0.15, 0.2) is 16.6 Å². The zero-order valence-corrected chi connectivity index (χ0v) is 10.9. The van der Waals surface area contributed by atoms with E-state index < -0.39 is 11.0 Å². The van der Waals surface area contributed by atoms with Crippen molar-refractivity contribution in [3.05, 3.63) is 32.3 Å². The van der Waals surface area contributed by atoms with E-state index in [-0.39, 0.29) is 18.2 Å². The molecule has 0 spiro atoms. The highest BCUT2D eigenvalue weighted by atomic mass is 79.9. The molecule has 7 heteroatoms. The number of halogens is 1. The molecule has 17 heavy (non-hydrogen) atoms. The second kappa shape index (κ2) is 5.95. The van der Waals surface area contributed by atoms with Crippen molar-refractivity contribution in [1.29, 1.82) is 0 Å². The summed E-state index contributed by atoms with van der Waals surface area (Å²) in [6.07, 6.45) is -0.877. The van der Waals surface area contributed by atoms with Crippen LogP contribution >= 0.6 is 15.9 Å². The van der Waals surface area contributed by atoms with Crippen LogP contribution in [0.2, 0.25) is 0 Å². The van der Waals surface area contributed by atoms with E-state index in [4.69, 9.17) is 9.47 Å². The van der Waals surface area contributed by atoms with Crippen LogP contribution in [0, 0.1) is 10.1 Å². The van der Waals surface area contributed by atoms with Gasteiger partial charge in [-0.05, 0) is 13.0 Å². The molecule has 94 valence electrons. The van der Waals surface area contributed by atoms with Crippen molar-refractivity contribution in [1.82, 2.24) is 0 Å². The number of rotatable bonds is 5. The van der Waals surface area contributed by atoms with E-state index in [0.717, 1.165) is 0 Å². The molecule has 1 rings (SSSR count). The minimum Gasteiger partial charge on any atom is -0.460 e. The second-order valence-corrected chi connectivity index (χ2v) is 4.24. The van der Waals surface area contributed by atoms with Gasteiger partial charge in [0.05, 0.1) is 11.0 Å². The molecule has 0 aliphatic carbocycles. The summed E-state index contributed by atoms with van der Waals surface area (Å²) in [5.74, 6) is 0.0232. The summed E-state index contributed by atoms with van der Waals surface area (Å²) in [6, 6.07) is 2.89. The Morgan fingerprint density at radius 3 is 2.71 bits per heavy atom. The lowest BCUT2D eigenvalue weighted by Crippen LogP contribution is -2.06. The Morgan fingerprint density at radius 1 is 1.59 bits per heavy atom. The van der Waals surface area contributed by atoms with Crippen LogP contribution in [-0.4, -0.2) is 23.9 Å². The first-order valence-electron chi connectivity index (χ1n) is 4.75. The van der Waals surface area contributed by atoms with Crippen LogP contribution in [0.3, 0.4) is 0 Å². The van der Waals surface area contributed by atoms with E-state index in [1.807, 2.05) is 0 Å². The normalized spacial score (nSPS) is 12.2. The van der Waals surface area contributed by atoms with Crippen molar-refractivity contribution in [3.63, 3.8) is 0 Å². The highest BCUT2D eigenvalue weighted by Crippen LogP contribution is 2.37. The molecule has 0 saturated carbocycles. The van der Waals surface area contributed by atoms with Gasteiger partial charge < -0.3 is 14.6 Å². The number of methoxy groups -OCH3 is 1. The van der Waals surface area contributed by atoms with Crippen LogP contribution < -0.4 is 4.74 Å². The summed E-state index contributed by atoms with van der Waals surface area (Å²) in [7, 11) is 1.41. The summed E-state index contributed by atoms with van der Waals surface area (Å²) in [5.41, 5.74) is 0.121. The largest absolute Gasteiger partial charge is 0.460 e. The molecule has 1 aromatic rings. The van der Waals surface area contributed by atoms with Gasteiger partial charge in [0.25, 0.3) is 0 Å². The first-order valence-corrected chi connectivity index (χ1v) is 5.54. The number of benzene rings is 1. The Balaban J connectivity index is 3.31. The minimum absolute atomic E-state index is 0.0232. The zero-order valence-electron chi connectivity index (χ0n) is 9.34. The molecule has 0 aromatic heterocycles. The maximum Gasteiger partial charge on any atom is 0.312 e. The van der Waals surface area contributed by atoms with E-state index in [9.17, 15) is 15.2 Å². The number of nitro benzene ring substituents is 1. The lowest BCUT2D eigenvalue weighted by molar-refractivity contribution is -0.386. The van der Waals surface area contributed by atoms with E-state index in [1.54, 1.807) is 6.07 Å². The van der Waals surface area contributed by atoms with Crippen LogP contribution in [0.1, 0.15) is 18.6 Å². The predicted octanol–water partition coefficient (Wildman–Crippen LogP) is 2.39. The van der Waals surface area contributed by atoms with Gasteiger partial charge in [-0.1, -0.05) is 15.9 Å². The van der Waals surface area contributed by atoms with Gasteiger partial charge in [0.1, 0.15) is 0 Å². The Hall–Kier alpha value is -1.18. The molecule has 1 unspecified atom stereocenters. The maximum atomic E-state index is 10.9. The van der Waals surface area contributed by atoms with E-state index in [1.165, 1.54) is 20.1 Å². The Morgan fingerprint density at radius 2 is 2.24 bits per heavy atom. The molecule has 0 amide bonds. The Bertz CT molecular complexity index is 421. The molecule has 0 heterocycles. The highest BCUT2D eigenvalue weighted by molar-refractivity contribution is 9.10. The lowest BCUT2D eigenvalue weighted by atomic mass is 10.1. The molecule has 6 nitrogen and oxygen atoms in total. The predicted molar refractivity (Wildman–Crippen MR) is 63.9 cm³/mol. The standard InChI is InChI=1S/C10H12BrNO5/c1-6(13)8-3-7(11)4-9(12(14)15)10(8)17-5-16-2/h3-4,6,13H,5H2,1-2H3. The van der Waals surface area contributed by atoms with E-state index in [2.05, 4.69) is 15.9 Å². The average molecular weight is 306 g/mol. The SMILES string of the molecule is COCOc1c(C(C)O)cc(Br)cc1[N+](=O)[O-]. The van der Waals surface area contributed by atoms with Crippen LogP contribution in [0.25, 0.3) is 0 Å². The second-order valence-electron chi connectivity index (χ2n) is 3.33. The first-order chi connectivity index (χ1) is 7.97. The zero-order chi connectivity index (χ0) is 13.0. The molecule has 1 aromatic carbocycles. The third kappa shape index (κ3) is 3.39. The molecule has 0 radical (unpaired) electrons. The van der Waals surface area contributed by atoms with Crippen LogP contribution in [0.5, 0.6) is 5.75 Å². The van der Waals surface area contributed by atoms with Crippen molar-refractivity contribution in [2.45, 2.75) is 13.0 Å². The Kier molecular flexibility index (Phi) is 4.86. The summed E-state index contributed by atoms with van der Waals surface area (Å²) in [5, 5.41) is 20.5. The van der Waals surface area contributed by atoms with Gasteiger partial charge in [0, 0.05) is 23.2 Å². The molecule has 0 bridgehead atoms. The van der Waals surface area contributed by atoms with Crippen molar-refractivity contribution >= 4 is 21.6 Å². The van der Waals surface area contributed by atoms with Crippen molar-refractivity contribution in [2.75, 3.05) is 13.9 Å².